The second-order valence-electron chi connectivity index (χ2n) is 7.80. The Kier molecular flexibility index (Phi) is 7.88. The normalized spacial score (nSPS) is 10.6. The number of nitrogens with zero attached hydrogens (tertiary/aromatic N) is 6. The number of nitrogens with one attached hydrogen (secondary N) is 2. The molecule has 0 saturated heterocycles. The van der Waals surface area contributed by atoms with Gasteiger partial charge in [-0.3, -0.25) is 19.8 Å². The van der Waals surface area contributed by atoms with Gasteiger partial charge in [0, 0.05) is 44.1 Å². The van der Waals surface area contributed by atoms with Crippen LogP contribution in [0.2, 0.25) is 0 Å². The molecule has 0 aliphatic rings. The molecule has 188 valence electrons. The molecule has 6 rings (SSSR count). The smallest absolute Gasteiger partial charge is 0.274 e. The maximum absolute atomic E-state index is 11.9. The molecule has 0 aliphatic heterocycles. The first-order valence-corrected chi connectivity index (χ1v) is 13.3. The van der Waals surface area contributed by atoms with Gasteiger partial charge in [0.2, 0.25) is 0 Å². The van der Waals surface area contributed by atoms with Crippen molar-refractivity contribution >= 4 is 45.2 Å². The van der Waals surface area contributed by atoms with E-state index in [9.17, 15) is 9.59 Å². The summed E-state index contributed by atoms with van der Waals surface area (Å²) in [5.41, 5.74) is 3.03. The largest absolute Gasteiger partial charge is 0.288 e. The van der Waals surface area contributed by atoms with Crippen molar-refractivity contribution in [2.75, 3.05) is 0 Å². The molecular formula is C26H18I2N8O2. The number of H-pyrrole nitrogens is 2. The third-order valence-corrected chi connectivity index (χ3v) is 6.69. The van der Waals surface area contributed by atoms with E-state index in [0.29, 0.717) is 11.9 Å². The van der Waals surface area contributed by atoms with Crippen LogP contribution < -0.4 is 11.1 Å². The Hall–Kier alpha value is -3.92. The highest BCUT2D eigenvalue weighted by Gasteiger charge is 2.09. The fourth-order valence-corrected chi connectivity index (χ4v) is 4.18. The van der Waals surface area contributed by atoms with E-state index in [-0.39, 0.29) is 11.1 Å². The quantitative estimate of drug-likeness (QED) is 0.259. The zero-order valence-electron chi connectivity index (χ0n) is 19.5. The zero-order valence-corrected chi connectivity index (χ0v) is 23.8. The minimum Gasteiger partial charge on any atom is -0.288 e. The second-order valence-corrected chi connectivity index (χ2v) is 10.3. The van der Waals surface area contributed by atoms with Crippen LogP contribution in [-0.4, -0.2) is 39.5 Å². The molecule has 4 heterocycles. The lowest BCUT2D eigenvalue weighted by Crippen LogP contribution is -2.15. The summed E-state index contributed by atoms with van der Waals surface area (Å²) in [4.78, 5) is 40.1. The van der Waals surface area contributed by atoms with Crippen LogP contribution in [0.15, 0.2) is 107 Å². The third-order valence-electron chi connectivity index (χ3n) is 5.26. The monoisotopic (exact) mass is 728 g/mol. The van der Waals surface area contributed by atoms with Gasteiger partial charge in [0.25, 0.3) is 23.0 Å². The summed E-state index contributed by atoms with van der Waals surface area (Å²) in [6.45, 7) is 0. The number of rotatable bonds is 4. The van der Waals surface area contributed by atoms with E-state index in [1.807, 2.05) is 48.5 Å². The van der Waals surface area contributed by atoms with Crippen LogP contribution in [0, 0.1) is 7.14 Å². The lowest BCUT2D eigenvalue weighted by atomic mass is 10.2. The number of benzene rings is 2. The molecule has 38 heavy (non-hydrogen) atoms. The number of halogens is 2. The fourth-order valence-electron chi connectivity index (χ4n) is 3.46. The van der Waals surface area contributed by atoms with Gasteiger partial charge in [0.1, 0.15) is 0 Å². The van der Waals surface area contributed by atoms with Gasteiger partial charge in [0.15, 0.2) is 0 Å². The lowest BCUT2D eigenvalue weighted by molar-refractivity contribution is 0.786. The van der Waals surface area contributed by atoms with Gasteiger partial charge in [-0.05, 0) is 92.7 Å². The average Bonchev–Trinajstić information content (AvgIpc) is 3.53. The van der Waals surface area contributed by atoms with Crippen molar-refractivity contribution in [1.82, 2.24) is 39.5 Å². The highest BCUT2D eigenvalue weighted by Crippen LogP contribution is 2.18. The molecule has 2 aromatic carbocycles. The summed E-state index contributed by atoms with van der Waals surface area (Å²) in [6, 6.07) is 22.3. The fraction of sp³-hybridized carbons (Fsp3) is 0. The zero-order chi connectivity index (χ0) is 26.5. The Labute approximate surface area is 243 Å². The highest BCUT2D eigenvalue weighted by atomic mass is 127. The third kappa shape index (κ3) is 5.96. The summed E-state index contributed by atoms with van der Waals surface area (Å²) < 4.78 is 4.95. The Bertz CT molecular complexity index is 1630. The standard InChI is InChI=1S/2C13H9IN4O/c2*14-10-4-2-9(3-5-10)11-8-12(19)18(17-11)13-15-6-1-7-16-13/h2*1-8,17H. The van der Waals surface area contributed by atoms with E-state index in [1.165, 1.54) is 9.36 Å². The van der Waals surface area contributed by atoms with Crippen LogP contribution in [0.1, 0.15) is 0 Å². The van der Waals surface area contributed by atoms with Gasteiger partial charge in [-0.2, -0.15) is 9.36 Å². The minimum atomic E-state index is -0.181. The first-order chi connectivity index (χ1) is 18.5. The van der Waals surface area contributed by atoms with E-state index >= 15 is 0 Å². The molecule has 4 aromatic heterocycles. The molecular weight excluding hydrogens is 710 g/mol. The summed E-state index contributed by atoms with van der Waals surface area (Å²) >= 11 is 4.48. The van der Waals surface area contributed by atoms with Gasteiger partial charge in [-0.15, -0.1) is 0 Å². The predicted octanol–water partition coefficient (Wildman–Crippen LogP) is 4.45. The van der Waals surface area contributed by atoms with E-state index < -0.39 is 0 Å². The van der Waals surface area contributed by atoms with Crippen LogP contribution in [0.3, 0.4) is 0 Å². The van der Waals surface area contributed by atoms with Crippen molar-refractivity contribution < 1.29 is 0 Å². The van der Waals surface area contributed by atoms with Crippen molar-refractivity contribution in [3.8, 4) is 34.4 Å². The molecule has 0 unspecified atom stereocenters. The van der Waals surface area contributed by atoms with Gasteiger partial charge in [0.05, 0.1) is 11.4 Å². The molecule has 0 atom stereocenters. The number of hydrogen-bond acceptors (Lipinski definition) is 6. The number of hydrogen-bond donors (Lipinski definition) is 2. The number of aromatic amines is 2. The minimum absolute atomic E-state index is 0.181. The number of aromatic nitrogens is 8. The molecule has 2 N–H and O–H groups in total. The molecule has 0 fully saturated rings. The van der Waals surface area contributed by atoms with Crippen LogP contribution in [0.5, 0.6) is 0 Å². The van der Waals surface area contributed by atoms with E-state index in [4.69, 9.17) is 0 Å². The van der Waals surface area contributed by atoms with E-state index in [1.54, 1.807) is 49.1 Å². The molecule has 0 radical (unpaired) electrons. The summed E-state index contributed by atoms with van der Waals surface area (Å²) in [5, 5.41) is 6.02. The summed E-state index contributed by atoms with van der Waals surface area (Å²) in [6.07, 6.45) is 6.39. The molecule has 0 saturated carbocycles. The maximum atomic E-state index is 11.9. The Balaban J connectivity index is 0.000000155. The van der Waals surface area contributed by atoms with Crippen molar-refractivity contribution in [1.29, 1.82) is 0 Å². The summed E-state index contributed by atoms with van der Waals surface area (Å²) in [5.74, 6) is 0.675. The van der Waals surface area contributed by atoms with Crippen LogP contribution in [-0.2, 0) is 0 Å². The predicted molar refractivity (Wildman–Crippen MR) is 160 cm³/mol. The lowest BCUT2D eigenvalue weighted by Gasteiger charge is -2.00. The topological polar surface area (TPSA) is 127 Å². The molecule has 0 aliphatic carbocycles. The van der Waals surface area contributed by atoms with Crippen LogP contribution in [0.25, 0.3) is 34.4 Å². The van der Waals surface area contributed by atoms with Crippen molar-refractivity contribution in [2.24, 2.45) is 0 Å². The average molecular weight is 728 g/mol. The van der Waals surface area contributed by atoms with Crippen LogP contribution in [0.4, 0.5) is 0 Å². The Morgan fingerprint density at radius 3 is 1.24 bits per heavy atom. The SMILES string of the molecule is O=c1cc(-c2ccc(I)cc2)[nH]n1-c1ncccn1.O=c1cc(-c2ccc(I)cc2)[nH]n1-c1ncccn1. The molecule has 6 aromatic rings. The Morgan fingerprint density at radius 1 is 0.553 bits per heavy atom. The molecule has 0 bridgehead atoms. The molecule has 0 spiro atoms. The summed E-state index contributed by atoms with van der Waals surface area (Å²) in [7, 11) is 0. The van der Waals surface area contributed by atoms with E-state index in [2.05, 4.69) is 75.3 Å². The molecule has 12 heteroatoms. The second kappa shape index (κ2) is 11.6. The molecule has 0 amide bonds. The van der Waals surface area contributed by atoms with Crippen molar-refractivity contribution in [3.05, 3.63) is 125 Å². The first kappa shape index (κ1) is 25.7. The van der Waals surface area contributed by atoms with Crippen LogP contribution >= 0.6 is 45.2 Å². The maximum Gasteiger partial charge on any atom is 0.274 e. The highest BCUT2D eigenvalue weighted by molar-refractivity contribution is 14.1. The molecule has 10 nitrogen and oxygen atoms in total. The first-order valence-electron chi connectivity index (χ1n) is 11.2. The van der Waals surface area contributed by atoms with Gasteiger partial charge in [-0.25, -0.2) is 19.9 Å². The van der Waals surface area contributed by atoms with Crippen molar-refractivity contribution in [2.45, 2.75) is 0 Å². The van der Waals surface area contributed by atoms with Crippen molar-refractivity contribution in [3.63, 3.8) is 0 Å². The van der Waals surface area contributed by atoms with E-state index in [0.717, 1.165) is 29.7 Å². The van der Waals surface area contributed by atoms with Gasteiger partial charge in [-0.1, -0.05) is 24.3 Å². The van der Waals surface area contributed by atoms with Gasteiger partial charge >= 0.3 is 0 Å². The van der Waals surface area contributed by atoms with Gasteiger partial charge < -0.3 is 0 Å². The Morgan fingerprint density at radius 2 is 0.895 bits per heavy atom.